The summed E-state index contributed by atoms with van der Waals surface area (Å²) in [6.07, 6.45) is 1.63. The summed E-state index contributed by atoms with van der Waals surface area (Å²) in [6.45, 7) is 10.0. The molecule has 21 heavy (non-hydrogen) atoms. The Morgan fingerprint density at radius 3 is 2.29 bits per heavy atom. The molecule has 0 bridgehead atoms. The molecule has 2 rings (SSSR count). The van der Waals surface area contributed by atoms with Crippen molar-refractivity contribution in [2.45, 2.75) is 39.7 Å². The van der Waals surface area contributed by atoms with Gasteiger partial charge in [0.2, 0.25) is 11.8 Å². The molecule has 1 atom stereocenters. The molecule has 122 valence electrons. The third kappa shape index (κ3) is 4.33. The van der Waals surface area contributed by atoms with Crippen LogP contribution in [0.3, 0.4) is 0 Å². The molecule has 2 aliphatic heterocycles. The summed E-state index contributed by atoms with van der Waals surface area (Å²) in [5, 5.41) is 3.31. The minimum absolute atomic E-state index is 0. The van der Waals surface area contributed by atoms with Gasteiger partial charge in [0, 0.05) is 50.6 Å². The molecule has 1 N–H and O–H groups in total. The highest BCUT2D eigenvalue weighted by Crippen LogP contribution is 2.22. The fourth-order valence-electron chi connectivity index (χ4n) is 3.11. The van der Waals surface area contributed by atoms with E-state index in [4.69, 9.17) is 0 Å². The minimum Gasteiger partial charge on any atom is -0.342 e. The number of nitrogens with zero attached hydrogens (tertiary/aromatic N) is 2. The Balaban J connectivity index is 0.00000220. The molecule has 0 aromatic heterocycles. The Morgan fingerprint density at radius 1 is 1.14 bits per heavy atom. The van der Waals surface area contributed by atoms with E-state index in [0.29, 0.717) is 0 Å². The highest BCUT2D eigenvalue weighted by Gasteiger charge is 2.33. The van der Waals surface area contributed by atoms with Gasteiger partial charge in [0.05, 0.1) is 0 Å². The molecule has 2 saturated heterocycles. The van der Waals surface area contributed by atoms with Crippen molar-refractivity contribution >= 4 is 24.2 Å². The first-order valence-corrected chi connectivity index (χ1v) is 7.80. The Labute approximate surface area is 133 Å². The standard InChI is InChI=1S/C15H27N3O2.ClH/c1-11(2)14(19)17-7-4-13(5-8-17)15(20)18-9-6-16-10-12(18)3;/h11-13,16H,4-10H2,1-3H3;1H/t12-;/m0./s1. The molecule has 0 radical (unpaired) electrons. The Bertz CT molecular complexity index is 368. The number of nitrogens with one attached hydrogen (secondary N) is 1. The van der Waals surface area contributed by atoms with Crippen molar-refractivity contribution in [2.75, 3.05) is 32.7 Å². The van der Waals surface area contributed by atoms with Crippen LogP contribution < -0.4 is 5.32 Å². The number of piperazine rings is 1. The maximum atomic E-state index is 12.6. The molecule has 0 aromatic carbocycles. The van der Waals surface area contributed by atoms with E-state index in [1.165, 1.54) is 0 Å². The summed E-state index contributed by atoms with van der Waals surface area (Å²) in [7, 11) is 0. The molecule has 6 heteroatoms. The van der Waals surface area contributed by atoms with Crippen LogP contribution in [-0.4, -0.2) is 60.4 Å². The highest BCUT2D eigenvalue weighted by molar-refractivity contribution is 5.85. The molecule has 0 unspecified atom stereocenters. The van der Waals surface area contributed by atoms with Crippen LogP contribution in [0, 0.1) is 11.8 Å². The average molecular weight is 318 g/mol. The smallest absolute Gasteiger partial charge is 0.226 e. The van der Waals surface area contributed by atoms with Gasteiger partial charge in [-0.3, -0.25) is 9.59 Å². The Morgan fingerprint density at radius 2 is 1.76 bits per heavy atom. The van der Waals surface area contributed by atoms with E-state index in [9.17, 15) is 9.59 Å². The van der Waals surface area contributed by atoms with E-state index in [1.807, 2.05) is 23.6 Å². The van der Waals surface area contributed by atoms with E-state index in [1.54, 1.807) is 0 Å². The van der Waals surface area contributed by atoms with Gasteiger partial charge in [-0.25, -0.2) is 0 Å². The second kappa shape index (κ2) is 7.99. The summed E-state index contributed by atoms with van der Waals surface area (Å²) >= 11 is 0. The summed E-state index contributed by atoms with van der Waals surface area (Å²) in [6, 6.07) is 0.284. The van der Waals surface area contributed by atoms with Crippen molar-refractivity contribution in [1.29, 1.82) is 0 Å². The SMILES string of the molecule is CC(C)C(=O)N1CCC(C(=O)N2CCNC[C@@H]2C)CC1.Cl. The second-order valence-electron chi connectivity index (χ2n) is 6.34. The Hall–Kier alpha value is -0.810. The van der Waals surface area contributed by atoms with Crippen molar-refractivity contribution < 1.29 is 9.59 Å². The maximum Gasteiger partial charge on any atom is 0.226 e. The Kier molecular flexibility index (Phi) is 6.94. The van der Waals surface area contributed by atoms with Crippen LogP contribution in [0.2, 0.25) is 0 Å². The van der Waals surface area contributed by atoms with Crippen LogP contribution in [0.5, 0.6) is 0 Å². The van der Waals surface area contributed by atoms with Crippen molar-refractivity contribution in [3.63, 3.8) is 0 Å². The second-order valence-corrected chi connectivity index (χ2v) is 6.34. The molecule has 2 fully saturated rings. The first-order valence-electron chi connectivity index (χ1n) is 7.80. The summed E-state index contributed by atoms with van der Waals surface area (Å²) < 4.78 is 0. The van der Waals surface area contributed by atoms with E-state index in [0.717, 1.165) is 45.6 Å². The summed E-state index contributed by atoms with van der Waals surface area (Å²) in [4.78, 5) is 28.4. The molecule has 0 aromatic rings. The number of hydrogen-bond donors (Lipinski definition) is 1. The van der Waals surface area contributed by atoms with Gasteiger partial charge in [-0.15, -0.1) is 12.4 Å². The fraction of sp³-hybridized carbons (Fsp3) is 0.867. The quantitative estimate of drug-likeness (QED) is 0.830. The largest absolute Gasteiger partial charge is 0.342 e. The van der Waals surface area contributed by atoms with Gasteiger partial charge in [-0.05, 0) is 19.8 Å². The third-order valence-electron chi connectivity index (χ3n) is 4.43. The molecular weight excluding hydrogens is 290 g/mol. The van der Waals surface area contributed by atoms with Crippen LogP contribution in [0.15, 0.2) is 0 Å². The number of halogens is 1. The lowest BCUT2D eigenvalue weighted by atomic mass is 9.93. The van der Waals surface area contributed by atoms with Gasteiger partial charge in [-0.1, -0.05) is 13.8 Å². The number of hydrogen-bond acceptors (Lipinski definition) is 3. The zero-order valence-corrected chi connectivity index (χ0v) is 14.1. The van der Waals surface area contributed by atoms with Gasteiger partial charge >= 0.3 is 0 Å². The molecule has 0 spiro atoms. The monoisotopic (exact) mass is 317 g/mol. The van der Waals surface area contributed by atoms with Crippen LogP contribution in [0.4, 0.5) is 0 Å². The number of piperidine rings is 1. The van der Waals surface area contributed by atoms with E-state index < -0.39 is 0 Å². The van der Waals surface area contributed by atoms with E-state index in [2.05, 4.69) is 12.2 Å². The molecule has 0 saturated carbocycles. The number of carbonyl (C=O) groups excluding carboxylic acids is 2. The summed E-state index contributed by atoms with van der Waals surface area (Å²) in [5.74, 6) is 0.657. The lowest BCUT2D eigenvalue weighted by Gasteiger charge is -2.39. The minimum atomic E-state index is 0. The van der Waals surface area contributed by atoms with E-state index >= 15 is 0 Å². The van der Waals surface area contributed by atoms with Crippen LogP contribution in [-0.2, 0) is 9.59 Å². The van der Waals surface area contributed by atoms with Crippen molar-refractivity contribution in [1.82, 2.24) is 15.1 Å². The molecule has 2 heterocycles. The van der Waals surface area contributed by atoms with Crippen LogP contribution in [0.1, 0.15) is 33.6 Å². The highest BCUT2D eigenvalue weighted by atomic mass is 35.5. The van der Waals surface area contributed by atoms with Crippen molar-refractivity contribution in [2.24, 2.45) is 11.8 Å². The van der Waals surface area contributed by atoms with Crippen LogP contribution >= 0.6 is 12.4 Å². The van der Waals surface area contributed by atoms with Crippen molar-refractivity contribution in [3.05, 3.63) is 0 Å². The molecule has 5 nitrogen and oxygen atoms in total. The fourth-order valence-corrected chi connectivity index (χ4v) is 3.11. The lowest BCUT2D eigenvalue weighted by Crippen LogP contribution is -2.55. The first-order chi connectivity index (χ1) is 9.50. The van der Waals surface area contributed by atoms with Gasteiger partial charge in [0.1, 0.15) is 0 Å². The average Bonchev–Trinajstić information content (AvgIpc) is 2.46. The predicted molar refractivity (Wildman–Crippen MR) is 85.4 cm³/mol. The van der Waals surface area contributed by atoms with Crippen LogP contribution in [0.25, 0.3) is 0 Å². The predicted octanol–water partition coefficient (Wildman–Crippen LogP) is 1.12. The molecule has 2 aliphatic rings. The maximum absolute atomic E-state index is 12.6. The number of rotatable bonds is 2. The number of amides is 2. The topological polar surface area (TPSA) is 52.7 Å². The zero-order valence-electron chi connectivity index (χ0n) is 13.3. The van der Waals surface area contributed by atoms with Crippen molar-refractivity contribution in [3.8, 4) is 0 Å². The normalized spacial score (nSPS) is 23.9. The van der Waals surface area contributed by atoms with Gasteiger partial charge in [-0.2, -0.15) is 0 Å². The zero-order chi connectivity index (χ0) is 14.7. The number of carbonyl (C=O) groups is 2. The molecule has 2 amide bonds. The van der Waals surface area contributed by atoms with Gasteiger partial charge in [0.15, 0.2) is 0 Å². The molecular formula is C15H28ClN3O2. The van der Waals surface area contributed by atoms with Gasteiger partial charge in [0.25, 0.3) is 0 Å². The molecule has 0 aliphatic carbocycles. The first kappa shape index (κ1) is 18.2. The summed E-state index contributed by atoms with van der Waals surface area (Å²) in [5.41, 5.74) is 0. The van der Waals surface area contributed by atoms with E-state index in [-0.39, 0.29) is 42.1 Å². The van der Waals surface area contributed by atoms with Gasteiger partial charge < -0.3 is 15.1 Å². The third-order valence-corrected chi connectivity index (χ3v) is 4.43. The number of likely N-dealkylation sites (tertiary alicyclic amines) is 1. The lowest BCUT2D eigenvalue weighted by molar-refractivity contribution is -0.143.